The van der Waals surface area contributed by atoms with Gasteiger partial charge in [-0.1, -0.05) is 43.7 Å². The van der Waals surface area contributed by atoms with Crippen LogP contribution in [-0.2, 0) is 4.79 Å². The fraction of sp³-hybridized carbons (Fsp3) is 0.500. The average Bonchev–Trinajstić information content (AvgIpc) is 2.88. The maximum absolute atomic E-state index is 12.6. The second-order valence-corrected chi connectivity index (χ2v) is 5.77. The van der Waals surface area contributed by atoms with Crippen LogP contribution in [0.3, 0.4) is 0 Å². The number of carbonyl (C=O) groups is 2. The van der Waals surface area contributed by atoms with Crippen molar-refractivity contribution in [3.8, 4) is 0 Å². The first kappa shape index (κ1) is 16.3. The van der Waals surface area contributed by atoms with Gasteiger partial charge < -0.3 is 21.7 Å². The molecule has 0 spiro atoms. The smallest absolute Gasteiger partial charge is 0.312 e. The van der Waals surface area contributed by atoms with Gasteiger partial charge >= 0.3 is 6.03 Å². The number of primary amides is 1. The van der Waals surface area contributed by atoms with E-state index in [0.29, 0.717) is 19.5 Å². The lowest BCUT2D eigenvalue weighted by Crippen LogP contribution is -2.49. The summed E-state index contributed by atoms with van der Waals surface area (Å²) in [6.45, 7) is 3.04. The predicted octanol–water partition coefficient (Wildman–Crippen LogP) is 0.777. The van der Waals surface area contributed by atoms with Crippen LogP contribution in [0.25, 0.3) is 0 Å². The van der Waals surface area contributed by atoms with Crippen molar-refractivity contribution in [1.29, 1.82) is 0 Å². The molecule has 3 atom stereocenters. The van der Waals surface area contributed by atoms with Gasteiger partial charge in [-0.25, -0.2) is 4.79 Å². The Bertz CT molecular complexity index is 520. The SMILES string of the molecule is CCC[C@@H](NC(N)=O)C(=O)N1C[C@@H](N)[C@H](c2ccccc2)C1. The van der Waals surface area contributed by atoms with Gasteiger partial charge in [0, 0.05) is 25.0 Å². The molecule has 5 N–H and O–H groups in total. The summed E-state index contributed by atoms with van der Waals surface area (Å²) in [6.07, 6.45) is 1.36. The molecule has 0 aromatic heterocycles. The molecule has 0 saturated carbocycles. The lowest BCUT2D eigenvalue weighted by Gasteiger charge is -2.23. The Labute approximate surface area is 130 Å². The Balaban J connectivity index is 2.06. The van der Waals surface area contributed by atoms with E-state index in [1.807, 2.05) is 37.3 Å². The first-order chi connectivity index (χ1) is 10.5. The normalized spacial score (nSPS) is 22.4. The van der Waals surface area contributed by atoms with Gasteiger partial charge in [0.25, 0.3) is 0 Å². The van der Waals surface area contributed by atoms with Crippen molar-refractivity contribution >= 4 is 11.9 Å². The van der Waals surface area contributed by atoms with Crippen LogP contribution in [0, 0.1) is 0 Å². The number of nitrogens with two attached hydrogens (primary N) is 2. The van der Waals surface area contributed by atoms with Crippen LogP contribution in [0.5, 0.6) is 0 Å². The van der Waals surface area contributed by atoms with Gasteiger partial charge in [0.2, 0.25) is 5.91 Å². The summed E-state index contributed by atoms with van der Waals surface area (Å²) < 4.78 is 0. The zero-order valence-corrected chi connectivity index (χ0v) is 12.9. The average molecular weight is 304 g/mol. The van der Waals surface area contributed by atoms with E-state index < -0.39 is 12.1 Å². The zero-order chi connectivity index (χ0) is 16.1. The highest BCUT2D eigenvalue weighted by Crippen LogP contribution is 2.27. The quantitative estimate of drug-likeness (QED) is 0.749. The number of likely N-dealkylation sites (tertiary alicyclic amines) is 1. The topological polar surface area (TPSA) is 101 Å². The van der Waals surface area contributed by atoms with Gasteiger partial charge in [0.05, 0.1) is 0 Å². The third-order valence-corrected chi connectivity index (χ3v) is 4.10. The van der Waals surface area contributed by atoms with E-state index in [1.54, 1.807) is 4.90 Å². The Kier molecular flexibility index (Phi) is 5.38. The summed E-state index contributed by atoms with van der Waals surface area (Å²) in [5.74, 6) is 0.0236. The van der Waals surface area contributed by atoms with Crippen LogP contribution in [-0.4, -0.2) is 42.0 Å². The number of nitrogens with one attached hydrogen (secondary N) is 1. The number of benzene rings is 1. The molecule has 0 unspecified atom stereocenters. The molecule has 0 aliphatic carbocycles. The molecule has 6 heteroatoms. The molecular weight excluding hydrogens is 280 g/mol. The highest BCUT2D eigenvalue weighted by Gasteiger charge is 2.36. The van der Waals surface area contributed by atoms with Crippen LogP contribution in [0.1, 0.15) is 31.2 Å². The van der Waals surface area contributed by atoms with Crippen molar-refractivity contribution in [3.05, 3.63) is 35.9 Å². The zero-order valence-electron chi connectivity index (χ0n) is 12.9. The van der Waals surface area contributed by atoms with E-state index in [9.17, 15) is 9.59 Å². The van der Waals surface area contributed by atoms with Crippen molar-refractivity contribution in [2.45, 2.75) is 37.8 Å². The van der Waals surface area contributed by atoms with E-state index in [-0.39, 0.29) is 17.9 Å². The molecule has 0 radical (unpaired) electrons. The second kappa shape index (κ2) is 7.26. The van der Waals surface area contributed by atoms with Crippen molar-refractivity contribution in [2.75, 3.05) is 13.1 Å². The molecule has 120 valence electrons. The molecular formula is C16H24N4O2. The van der Waals surface area contributed by atoms with E-state index in [0.717, 1.165) is 12.0 Å². The largest absolute Gasteiger partial charge is 0.352 e. The second-order valence-electron chi connectivity index (χ2n) is 5.77. The van der Waals surface area contributed by atoms with Gasteiger partial charge in [0.1, 0.15) is 6.04 Å². The Hall–Kier alpha value is -2.08. The van der Waals surface area contributed by atoms with Crippen LogP contribution in [0.15, 0.2) is 30.3 Å². The number of amides is 3. The van der Waals surface area contributed by atoms with Crippen LogP contribution in [0.4, 0.5) is 4.79 Å². The minimum Gasteiger partial charge on any atom is -0.352 e. The maximum atomic E-state index is 12.6. The van der Waals surface area contributed by atoms with Crippen molar-refractivity contribution in [2.24, 2.45) is 11.5 Å². The summed E-state index contributed by atoms with van der Waals surface area (Å²) in [7, 11) is 0. The van der Waals surface area contributed by atoms with Crippen molar-refractivity contribution < 1.29 is 9.59 Å². The van der Waals surface area contributed by atoms with E-state index >= 15 is 0 Å². The molecule has 1 fully saturated rings. The van der Waals surface area contributed by atoms with E-state index in [2.05, 4.69) is 5.32 Å². The lowest BCUT2D eigenvalue weighted by molar-refractivity contribution is -0.132. The number of nitrogens with zero attached hydrogens (tertiary/aromatic N) is 1. The summed E-state index contributed by atoms with van der Waals surface area (Å²) in [5, 5.41) is 2.53. The fourth-order valence-electron chi connectivity index (χ4n) is 3.00. The van der Waals surface area contributed by atoms with Crippen LogP contribution in [0.2, 0.25) is 0 Å². The Morgan fingerprint density at radius 3 is 2.59 bits per heavy atom. The summed E-state index contributed by atoms with van der Waals surface area (Å²) in [5.41, 5.74) is 12.5. The molecule has 1 aliphatic rings. The van der Waals surface area contributed by atoms with Gasteiger partial charge in [0.15, 0.2) is 0 Å². The minimum absolute atomic E-state index is 0.0952. The van der Waals surface area contributed by atoms with Crippen LogP contribution >= 0.6 is 0 Å². The molecule has 0 bridgehead atoms. The third kappa shape index (κ3) is 3.76. The molecule has 22 heavy (non-hydrogen) atoms. The first-order valence-corrected chi connectivity index (χ1v) is 7.68. The minimum atomic E-state index is -0.671. The van der Waals surface area contributed by atoms with E-state index in [1.165, 1.54) is 0 Å². The summed E-state index contributed by atoms with van der Waals surface area (Å²) >= 11 is 0. The Morgan fingerprint density at radius 1 is 1.32 bits per heavy atom. The summed E-state index contributed by atoms with van der Waals surface area (Å²) in [4.78, 5) is 25.4. The van der Waals surface area contributed by atoms with Gasteiger partial charge in [-0.15, -0.1) is 0 Å². The van der Waals surface area contributed by atoms with Gasteiger partial charge in [-0.3, -0.25) is 4.79 Å². The highest BCUT2D eigenvalue weighted by molar-refractivity contribution is 5.86. The number of hydrogen-bond donors (Lipinski definition) is 3. The van der Waals surface area contributed by atoms with Gasteiger partial charge in [-0.05, 0) is 12.0 Å². The van der Waals surface area contributed by atoms with Crippen molar-refractivity contribution in [3.63, 3.8) is 0 Å². The summed E-state index contributed by atoms with van der Waals surface area (Å²) in [6, 6.07) is 8.64. The predicted molar refractivity (Wildman–Crippen MR) is 85.2 cm³/mol. The number of carbonyl (C=O) groups excluding carboxylic acids is 2. The molecule has 3 amide bonds. The fourth-order valence-corrected chi connectivity index (χ4v) is 3.00. The Morgan fingerprint density at radius 2 is 2.00 bits per heavy atom. The van der Waals surface area contributed by atoms with E-state index in [4.69, 9.17) is 11.5 Å². The maximum Gasteiger partial charge on any atom is 0.312 e. The standard InChI is InChI=1S/C16H24N4O2/c1-2-6-14(19-16(18)22)15(21)20-9-12(13(17)10-20)11-7-4-3-5-8-11/h3-5,7-8,12-14H,2,6,9-10,17H2,1H3,(H3,18,19,22)/t12-,13+,14+/m0/s1. The molecule has 1 heterocycles. The highest BCUT2D eigenvalue weighted by atomic mass is 16.2. The number of rotatable bonds is 5. The number of hydrogen-bond acceptors (Lipinski definition) is 3. The lowest BCUT2D eigenvalue weighted by atomic mass is 9.95. The molecule has 2 rings (SSSR count). The molecule has 1 aromatic carbocycles. The first-order valence-electron chi connectivity index (χ1n) is 7.68. The monoisotopic (exact) mass is 304 g/mol. The van der Waals surface area contributed by atoms with Gasteiger partial charge in [-0.2, -0.15) is 0 Å². The molecule has 1 saturated heterocycles. The number of urea groups is 1. The molecule has 1 aliphatic heterocycles. The molecule has 6 nitrogen and oxygen atoms in total. The molecule has 1 aromatic rings. The van der Waals surface area contributed by atoms with Crippen molar-refractivity contribution in [1.82, 2.24) is 10.2 Å². The third-order valence-electron chi connectivity index (χ3n) is 4.10. The van der Waals surface area contributed by atoms with Crippen LogP contribution < -0.4 is 16.8 Å².